The lowest BCUT2D eigenvalue weighted by atomic mass is 9.96. The molecule has 2 heterocycles. The highest BCUT2D eigenvalue weighted by Crippen LogP contribution is 2.30. The first-order valence-electron chi connectivity index (χ1n) is 9.88. The van der Waals surface area contributed by atoms with E-state index >= 15 is 0 Å². The summed E-state index contributed by atoms with van der Waals surface area (Å²) in [5.74, 6) is 0.336. The summed E-state index contributed by atoms with van der Waals surface area (Å²) < 4.78 is 0. The number of carbonyl (C=O) groups excluding carboxylic acids is 2. The summed E-state index contributed by atoms with van der Waals surface area (Å²) in [5.41, 5.74) is 2.35. The standard InChI is InChI=1S/C21H31N3O2/c1-15(2)21(26)22-18-10-12-23(13-11-18)14-20(25)24-16(3)8-9-17-6-4-5-7-19(17)24/h4-7,15-16,18H,8-14H2,1-3H3,(H,22,26). The van der Waals surface area contributed by atoms with Crippen LogP contribution in [-0.4, -0.2) is 48.4 Å². The van der Waals surface area contributed by atoms with Crippen LogP contribution in [0.4, 0.5) is 5.69 Å². The maximum Gasteiger partial charge on any atom is 0.241 e. The molecule has 1 fully saturated rings. The number of nitrogens with one attached hydrogen (secondary N) is 1. The molecule has 1 N–H and O–H groups in total. The molecule has 1 atom stereocenters. The number of fused-ring (bicyclic) bond motifs is 1. The zero-order valence-electron chi connectivity index (χ0n) is 16.2. The normalized spacial score (nSPS) is 21.5. The van der Waals surface area contributed by atoms with E-state index < -0.39 is 0 Å². The smallest absolute Gasteiger partial charge is 0.241 e. The van der Waals surface area contributed by atoms with Gasteiger partial charge in [0, 0.05) is 36.8 Å². The summed E-state index contributed by atoms with van der Waals surface area (Å²) in [7, 11) is 0. The van der Waals surface area contributed by atoms with Crippen molar-refractivity contribution in [3.05, 3.63) is 29.8 Å². The molecule has 2 aliphatic heterocycles. The van der Waals surface area contributed by atoms with Gasteiger partial charge >= 0.3 is 0 Å². The lowest BCUT2D eigenvalue weighted by Crippen LogP contribution is -2.51. The third kappa shape index (κ3) is 4.26. The van der Waals surface area contributed by atoms with Gasteiger partial charge in [0.25, 0.3) is 0 Å². The Bertz CT molecular complexity index is 650. The highest BCUT2D eigenvalue weighted by atomic mass is 16.2. The SMILES string of the molecule is CC(C)C(=O)NC1CCN(CC(=O)N2c3ccccc3CCC2C)CC1. The van der Waals surface area contributed by atoms with Crippen molar-refractivity contribution in [2.45, 2.75) is 58.5 Å². The monoisotopic (exact) mass is 357 g/mol. The summed E-state index contributed by atoms with van der Waals surface area (Å²) in [5, 5.41) is 3.11. The Morgan fingerprint density at radius 2 is 1.85 bits per heavy atom. The van der Waals surface area contributed by atoms with Crippen LogP contribution >= 0.6 is 0 Å². The van der Waals surface area contributed by atoms with E-state index in [9.17, 15) is 9.59 Å². The van der Waals surface area contributed by atoms with Gasteiger partial charge in [-0.1, -0.05) is 32.0 Å². The Labute approximate surface area is 156 Å². The van der Waals surface area contributed by atoms with E-state index in [0.29, 0.717) is 6.54 Å². The van der Waals surface area contributed by atoms with Gasteiger partial charge in [-0.2, -0.15) is 0 Å². The van der Waals surface area contributed by atoms with Crippen LogP contribution in [0.2, 0.25) is 0 Å². The molecule has 1 saturated heterocycles. The molecule has 1 aromatic carbocycles. The van der Waals surface area contributed by atoms with Gasteiger partial charge in [0.2, 0.25) is 11.8 Å². The molecule has 0 saturated carbocycles. The Balaban J connectivity index is 1.56. The first-order chi connectivity index (χ1) is 12.5. The van der Waals surface area contributed by atoms with Crippen LogP contribution in [0.3, 0.4) is 0 Å². The van der Waals surface area contributed by atoms with Crippen molar-refractivity contribution in [1.82, 2.24) is 10.2 Å². The minimum Gasteiger partial charge on any atom is -0.353 e. The van der Waals surface area contributed by atoms with Gasteiger partial charge in [0.1, 0.15) is 0 Å². The van der Waals surface area contributed by atoms with E-state index in [2.05, 4.69) is 29.3 Å². The number of benzene rings is 1. The number of anilines is 1. The third-order valence-electron chi connectivity index (χ3n) is 5.61. The van der Waals surface area contributed by atoms with E-state index in [1.165, 1.54) is 5.56 Å². The Morgan fingerprint density at radius 3 is 2.54 bits per heavy atom. The maximum atomic E-state index is 13.0. The number of para-hydroxylation sites is 1. The van der Waals surface area contributed by atoms with Crippen molar-refractivity contribution in [2.75, 3.05) is 24.5 Å². The zero-order valence-corrected chi connectivity index (χ0v) is 16.2. The predicted molar refractivity (Wildman–Crippen MR) is 104 cm³/mol. The first kappa shape index (κ1) is 18.9. The number of nitrogens with zero attached hydrogens (tertiary/aromatic N) is 2. The lowest BCUT2D eigenvalue weighted by molar-refractivity contribution is -0.125. The highest BCUT2D eigenvalue weighted by molar-refractivity contribution is 5.96. The van der Waals surface area contributed by atoms with Crippen LogP contribution in [0.25, 0.3) is 0 Å². The molecule has 5 nitrogen and oxygen atoms in total. The summed E-state index contributed by atoms with van der Waals surface area (Å²) in [4.78, 5) is 29.1. The second-order valence-corrected chi connectivity index (χ2v) is 7.99. The molecule has 0 aromatic heterocycles. The van der Waals surface area contributed by atoms with Crippen LogP contribution < -0.4 is 10.2 Å². The Morgan fingerprint density at radius 1 is 1.15 bits per heavy atom. The largest absolute Gasteiger partial charge is 0.353 e. The van der Waals surface area contributed by atoms with Gasteiger partial charge in [0.05, 0.1) is 6.54 Å². The van der Waals surface area contributed by atoms with Gasteiger partial charge < -0.3 is 10.2 Å². The molecule has 2 aliphatic rings. The average molecular weight is 357 g/mol. The molecule has 26 heavy (non-hydrogen) atoms. The van der Waals surface area contributed by atoms with Crippen LogP contribution in [0, 0.1) is 5.92 Å². The van der Waals surface area contributed by atoms with E-state index in [-0.39, 0.29) is 29.8 Å². The lowest BCUT2D eigenvalue weighted by Gasteiger charge is -2.38. The summed E-state index contributed by atoms with van der Waals surface area (Å²) in [6, 6.07) is 8.75. The molecular formula is C21H31N3O2. The van der Waals surface area contributed by atoms with Crippen molar-refractivity contribution in [1.29, 1.82) is 0 Å². The molecule has 3 rings (SSSR count). The predicted octanol–water partition coefficient (Wildman–Crippen LogP) is 2.59. The molecule has 0 radical (unpaired) electrons. The molecule has 0 spiro atoms. The summed E-state index contributed by atoms with van der Waals surface area (Å²) in [6.45, 7) is 8.16. The molecular weight excluding hydrogens is 326 g/mol. The third-order valence-corrected chi connectivity index (χ3v) is 5.61. The maximum absolute atomic E-state index is 13.0. The Hall–Kier alpha value is -1.88. The van der Waals surface area contributed by atoms with Gasteiger partial charge in [-0.25, -0.2) is 0 Å². The molecule has 0 aliphatic carbocycles. The number of likely N-dealkylation sites (tertiary alicyclic amines) is 1. The van der Waals surface area contributed by atoms with E-state index in [0.717, 1.165) is 44.5 Å². The number of piperidine rings is 1. The number of carbonyl (C=O) groups is 2. The molecule has 142 valence electrons. The van der Waals surface area contributed by atoms with Crippen molar-refractivity contribution in [2.24, 2.45) is 5.92 Å². The van der Waals surface area contributed by atoms with Gasteiger partial charge in [-0.05, 0) is 44.2 Å². The summed E-state index contributed by atoms with van der Waals surface area (Å²) in [6.07, 6.45) is 3.89. The van der Waals surface area contributed by atoms with Crippen molar-refractivity contribution >= 4 is 17.5 Å². The average Bonchev–Trinajstić information content (AvgIpc) is 2.63. The van der Waals surface area contributed by atoms with E-state index in [1.54, 1.807) is 0 Å². The highest BCUT2D eigenvalue weighted by Gasteiger charge is 2.30. The number of amides is 2. The fourth-order valence-electron chi connectivity index (χ4n) is 3.94. The van der Waals surface area contributed by atoms with Crippen LogP contribution in [0.15, 0.2) is 24.3 Å². The van der Waals surface area contributed by atoms with Crippen LogP contribution in [0.1, 0.15) is 45.6 Å². The fraction of sp³-hybridized carbons (Fsp3) is 0.619. The molecule has 2 amide bonds. The van der Waals surface area contributed by atoms with Gasteiger partial charge in [-0.15, -0.1) is 0 Å². The topological polar surface area (TPSA) is 52.7 Å². The quantitative estimate of drug-likeness (QED) is 0.901. The second kappa shape index (κ2) is 8.21. The molecule has 1 unspecified atom stereocenters. The minimum atomic E-state index is 0.0234. The number of rotatable bonds is 4. The van der Waals surface area contributed by atoms with Crippen LogP contribution in [0.5, 0.6) is 0 Å². The van der Waals surface area contributed by atoms with E-state index in [1.807, 2.05) is 30.9 Å². The van der Waals surface area contributed by atoms with Gasteiger partial charge in [-0.3, -0.25) is 14.5 Å². The van der Waals surface area contributed by atoms with Crippen molar-refractivity contribution < 1.29 is 9.59 Å². The van der Waals surface area contributed by atoms with Crippen LogP contribution in [-0.2, 0) is 16.0 Å². The fourth-order valence-corrected chi connectivity index (χ4v) is 3.94. The van der Waals surface area contributed by atoms with E-state index in [4.69, 9.17) is 0 Å². The summed E-state index contributed by atoms with van der Waals surface area (Å²) >= 11 is 0. The Kier molecular flexibility index (Phi) is 5.97. The molecule has 5 heteroatoms. The number of hydrogen-bond acceptors (Lipinski definition) is 3. The minimum absolute atomic E-state index is 0.0234. The first-order valence-corrected chi connectivity index (χ1v) is 9.88. The van der Waals surface area contributed by atoms with Crippen molar-refractivity contribution in [3.63, 3.8) is 0 Å². The number of aryl methyl sites for hydroxylation is 1. The number of hydrogen-bond donors (Lipinski definition) is 1. The zero-order chi connectivity index (χ0) is 18.7. The second-order valence-electron chi connectivity index (χ2n) is 7.99. The molecule has 0 bridgehead atoms. The molecule has 1 aromatic rings. The van der Waals surface area contributed by atoms with Crippen molar-refractivity contribution in [3.8, 4) is 0 Å². The van der Waals surface area contributed by atoms with Gasteiger partial charge in [0.15, 0.2) is 0 Å².